The maximum absolute atomic E-state index is 12.8. The number of esters is 1. The molecule has 0 spiro atoms. The molecule has 4 aliphatic rings. The quantitative estimate of drug-likeness (QED) is 0.576. The van der Waals surface area contributed by atoms with Crippen LogP contribution in [0.2, 0.25) is 0 Å². The zero-order valence-corrected chi connectivity index (χ0v) is 12.7. The summed E-state index contributed by atoms with van der Waals surface area (Å²) in [6.45, 7) is 4.39. The van der Waals surface area contributed by atoms with Crippen molar-refractivity contribution in [2.45, 2.75) is 70.4 Å². The van der Waals surface area contributed by atoms with Crippen LogP contribution in [0, 0.1) is 16.7 Å². The van der Waals surface area contributed by atoms with E-state index in [9.17, 15) is 4.79 Å². The normalized spacial score (nSPS) is 49.0. The van der Waals surface area contributed by atoms with Crippen molar-refractivity contribution in [1.82, 2.24) is 0 Å². The Hall–Kier alpha value is -0.610. The van der Waals surface area contributed by atoms with E-state index < -0.39 is 11.2 Å². The number of ether oxygens (including phenoxy) is 3. The van der Waals surface area contributed by atoms with Crippen LogP contribution in [0.5, 0.6) is 0 Å². The predicted octanol–water partition coefficient (Wildman–Crippen LogP) is 3.00. The fourth-order valence-electron chi connectivity index (χ4n) is 5.24. The molecule has 0 aromatic heterocycles. The highest BCUT2D eigenvalue weighted by Gasteiger charge is 2.96. The molecule has 4 heteroatoms. The van der Waals surface area contributed by atoms with Gasteiger partial charge in [-0.15, -0.1) is 0 Å². The lowest BCUT2D eigenvalue weighted by Gasteiger charge is -2.51. The molecule has 2 aliphatic heterocycles. The average Bonchev–Trinajstić information content (AvgIpc) is 3.21. The third-order valence-corrected chi connectivity index (χ3v) is 6.40. The van der Waals surface area contributed by atoms with Crippen LogP contribution in [0.4, 0.5) is 0 Å². The van der Waals surface area contributed by atoms with E-state index in [-0.39, 0.29) is 17.2 Å². The number of hydrogen-bond acceptors (Lipinski definition) is 4. The largest absolute Gasteiger partial charge is 0.469 e. The molecule has 0 bridgehead atoms. The average molecular weight is 280 g/mol. The smallest absolute Gasteiger partial charge is 0.312 e. The number of methoxy groups -OCH3 is 1. The van der Waals surface area contributed by atoms with Crippen molar-refractivity contribution in [3.05, 3.63) is 0 Å². The molecule has 4 nitrogen and oxygen atoms in total. The van der Waals surface area contributed by atoms with Crippen molar-refractivity contribution in [3.63, 3.8) is 0 Å². The van der Waals surface area contributed by atoms with E-state index in [0.717, 1.165) is 19.3 Å². The molecule has 2 aliphatic carbocycles. The van der Waals surface area contributed by atoms with E-state index >= 15 is 0 Å². The second kappa shape index (κ2) is 3.58. The summed E-state index contributed by atoms with van der Waals surface area (Å²) < 4.78 is 16.8. The Kier molecular flexibility index (Phi) is 2.34. The molecule has 1 atom stereocenters. The lowest BCUT2D eigenvalue weighted by Crippen LogP contribution is -2.54. The molecule has 0 aromatic carbocycles. The van der Waals surface area contributed by atoms with Crippen LogP contribution < -0.4 is 0 Å². The van der Waals surface area contributed by atoms with E-state index in [1.54, 1.807) is 0 Å². The minimum Gasteiger partial charge on any atom is -0.469 e. The molecule has 0 radical (unpaired) electrons. The highest BCUT2D eigenvalue weighted by Crippen LogP contribution is 2.81. The summed E-state index contributed by atoms with van der Waals surface area (Å²) in [6.07, 6.45) is 7.48. The molecular weight excluding hydrogens is 256 g/mol. The zero-order valence-electron chi connectivity index (χ0n) is 12.7. The first-order valence-corrected chi connectivity index (χ1v) is 7.90. The lowest BCUT2D eigenvalue weighted by atomic mass is 9.50. The van der Waals surface area contributed by atoms with Crippen molar-refractivity contribution in [1.29, 1.82) is 0 Å². The van der Waals surface area contributed by atoms with Crippen molar-refractivity contribution < 1.29 is 19.0 Å². The summed E-state index contributed by atoms with van der Waals surface area (Å²) in [4.78, 5) is 12.8. The molecule has 2 saturated heterocycles. The van der Waals surface area contributed by atoms with Crippen LogP contribution in [0.1, 0.15) is 58.8 Å². The fourth-order valence-corrected chi connectivity index (χ4v) is 5.24. The second-order valence-corrected chi connectivity index (χ2v) is 7.75. The summed E-state index contributed by atoms with van der Waals surface area (Å²) in [5.74, 6) is -0.431. The molecule has 0 aromatic rings. The zero-order chi connectivity index (χ0) is 14.2. The fraction of sp³-hybridized carbons (Fsp3) is 0.938. The summed E-state index contributed by atoms with van der Waals surface area (Å²) in [5, 5.41) is 0. The molecule has 4 fully saturated rings. The molecular formula is C16H24O4. The minimum atomic E-state index is -0.446. The van der Waals surface area contributed by atoms with E-state index in [4.69, 9.17) is 14.2 Å². The standard InChI is InChI=1S/C16H24O4/c1-13(2)9-15-16(19-15,20-15)10-14(13,12(17)18-3)11-7-5-4-6-8-11/h11H,4-10H2,1-3H3. The first kappa shape index (κ1) is 13.1. The number of carbonyl (C=O) groups is 1. The van der Waals surface area contributed by atoms with E-state index in [1.165, 1.54) is 26.4 Å². The van der Waals surface area contributed by atoms with Gasteiger partial charge in [0.15, 0.2) is 0 Å². The summed E-state index contributed by atoms with van der Waals surface area (Å²) in [6, 6.07) is 0. The maximum Gasteiger partial charge on any atom is 0.312 e. The Balaban J connectivity index is 1.75. The van der Waals surface area contributed by atoms with Gasteiger partial charge >= 0.3 is 5.97 Å². The van der Waals surface area contributed by atoms with Crippen LogP contribution in [-0.2, 0) is 19.0 Å². The summed E-state index contributed by atoms with van der Waals surface area (Å²) in [5.41, 5.74) is -0.586. The van der Waals surface area contributed by atoms with Gasteiger partial charge in [-0.2, -0.15) is 0 Å². The van der Waals surface area contributed by atoms with Gasteiger partial charge in [-0.25, -0.2) is 0 Å². The van der Waals surface area contributed by atoms with Gasteiger partial charge in [-0.3, -0.25) is 4.79 Å². The van der Waals surface area contributed by atoms with Crippen LogP contribution in [-0.4, -0.2) is 24.7 Å². The van der Waals surface area contributed by atoms with Gasteiger partial charge in [0, 0.05) is 12.8 Å². The highest BCUT2D eigenvalue weighted by molar-refractivity contribution is 5.79. The second-order valence-electron chi connectivity index (χ2n) is 7.75. The predicted molar refractivity (Wildman–Crippen MR) is 71.7 cm³/mol. The van der Waals surface area contributed by atoms with Crippen molar-refractivity contribution >= 4 is 5.97 Å². The first-order valence-electron chi connectivity index (χ1n) is 7.90. The Morgan fingerprint density at radius 3 is 2.25 bits per heavy atom. The van der Waals surface area contributed by atoms with E-state index in [2.05, 4.69) is 13.8 Å². The first-order chi connectivity index (χ1) is 9.41. The third kappa shape index (κ3) is 1.32. The number of epoxide rings is 2. The van der Waals surface area contributed by atoms with Crippen LogP contribution in [0.3, 0.4) is 0 Å². The molecule has 2 heterocycles. The van der Waals surface area contributed by atoms with Crippen molar-refractivity contribution in [2.75, 3.05) is 7.11 Å². The topological polar surface area (TPSA) is 51.4 Å². The van der Waals surface area contributed by atoms with Gasteiger partial charge in [-0.05, 0) is 24.2 Å². The van der Waals surface area contributed by atoms with Crippen LogP contribution in [0.25, 0.3) is 0 Å². The minimum absolute atomic E-state index is 0.0524. The SMILES string of the molecule is COC(=O)C1(C2CCCCC2)CC23OC2(CC1(C)C)O3. The number of carbonyl (C=O) groups excluding carboxylic acids is 1. The van der Waals surface area contributed by atoms with Gasteiger partial charge in [0.2, 0.25) is 11.6 Å². The van der Waals surface area contributed by atoms with Crippen molar-refractivity contribution in [3.8, 4) is 0 Å². The Morgan fingerprint density at radius 1 is 1.05 bits per heavy atom. The maximum atomic E-state index is 12.8. The monoisotopic (exact) mass is 280 g/mol. The molecule has 20 heavy (non-hydrogen) atoms. The van der Waals surface area contributed by atoms with Gasteiger partial charge in [-0.1, -0.05) is 33.1 Å². The Labute approximate surface area is 120 Å². The van der Waals surface area contributed by atoms with E-state index in [0.29, 0.717) is 12.3 Å². The molecule has 1 unspecified atom stereocenters. The molecule has 0 amide bonds. The lowest BCUT2D eigenvalue weighted by molar-refractivity contribution is -0.174. The van der Waals surface area contributed by atoms with Gasteiger partial charge in [0.25, 0.3) is 0 Å². The van der Waals surface area contributed by atoms with Gasteiger partial charge < -0.3 is 14.2 Å². The number of hydrogen-bond donors (Lipinski definition) is 0. The number of rotatable bonds is 2. The molecule has 0 N–H and O–H groups in total. The molecule has 4 rings (SSSR count). The van der Waals surface area contributed by atoms with E-state index in [1.807, 2.05) is 0 Å². The summed E-state index contributed by atoms with van der Waals surface area (Å²) >= 11 is 0. The van der Waals surface area contributed by atoms with Crippen LogP contribution >= 0.6 is 0 Å². The van der Waals surface area contributed by atoms with Crippen molar-refractivity contribution in [2.24, 2.45) is 16.7 Å². The third-order valence-electron chi connectivity index (χ3n) is 6.40. The van der Waals surface area contributed by atoms with Gasteiger partial charge in [0.05, 0.1) is 12.5 Å². The van der Waals surface area contributed by atoms with Gasteiger partial charge in [0.1, 0.15) is 0 Å². The highest BCUT2D eigenvalue weighted by atomic mass is 17.0. The molecule has 2 saturated carbocycles. The Morgan fingerprint density at radius 2 is 1.65 bits per heavy atom. The summed E-state index contributed by atoms with van der Waals surface area (Å²) in [7, 11) is 1.52. The molecule has 112 valence electrons. The van der Waals surface area contributed by atoms with Crippen LogP contribution in [0.15, 0.2) is 0 Å². The Bertz CT molecular complexity index is 457.